The molecule has 110 valence electrons. The second-order valence-corrected chi connectivity index (χ2v) is 5.03. The second kappa shape index (κ2) is 6.20. The van der Waals surface area contributed by atoms with E-state index < -0.39 is 29.6 Å². The molecular formula is C15H12ClF2NO2. The van der Waals surface area contributed by atoms with Gasteiger partial charge in [0.05, 0.1) is 0 Å². The number of carboxylic acid groups (broad SMARTS) is 1. The average molecular weight is 312 g/mol. The lowest BCUT2D eigenvalue weighted by Gasteiger charge is -2.22. The van der Waals surface area contributed by atoms with Crippen LogP contribution >= 0.6 is 11.6 Å². The van der Waals surface area contributed by atoms with E-state index in [-0.39, 0.29) is 5.56 Å². The van der Waals surface area contributed by atoms with Gasteiger partial charge in [-0.2, -0.15) is 0 Å². The van der Waals surface area contributed by atoms with E-state index in [2.05, 4.69) is 0 Å². The molecule has 3 N–H and O–H groups in total. The van der Waals surface area contributed by atoms with Gasteiger partial charge < -0.3 is 10.8 Å². The van der Waals surface area contributed by atoms with Crippen LogP contribution in [0.15, 0.2) is 42.5 Å². The van der Waals surface area contributed by atoms with Crippen LogP contribution in [0.3, 0.4) is 0 Å². The highest BCUT2D eigenvalue weighted by Crippen LogP contribution is 2.29. The zero-order valence-electron chi connectivity index (χ0n) is 10.8. The van der Waals surface area contributed by atoms with Crippen molar-refractivity contribution in [3.05, 3.63) is 70.2 Å². The van der Waals surface area contributed by atoms with Crippen LogP contribution in [-0.2, 0) is 4.79 Å². The lowest BCUT2D eigenvalue weighted by atomic mass is 9.85. The van der Waals surface area contributed by atoms with Gasteiger partial charge in [-0.1, -0.05) is 23.7 Å². The van der Waals surface area contributed by atoms with Crippen molar-refractivity contribution in [1.29, 1.82) is 0 Å². The quantitative estimate of drug-likeness (QED) is 0.911. The molecule has 0 saturated heterocycles. The highest BCUT2D eigenvalue weighted by molar-refractivity contribution is 6.30. The fourth-order valence-corrected chi connectivity index (χ4v) is 2.30. The van der Waals surface area contributed by atoms with Crippen LogP contribution in [0.1, 0.15) is 17.0 Å². The number of hydrogen-bond donors (Lipinski definition) is 2. The lowest BCUT2D eigenvalue weighted by molar-refractivity contribution is -0.138. The molecule has 0 aliphatic heterocycles. The third-order valence-corrected chi connectivity index (χ3v) is 3.37. The van der Waals surface area contributed by atoms with E-state index in [1.165, 1.54) is 0 Å². The molecule has 0 bridgehead atoms. The summed E-state index contributed by atoms with van der Waals surface area (Å²) < 4.78 is 26.8. The molecule has 0 amide bonds. The summed E-state index contributed by atoms with van der Waals surface area (Å²) in [6, 6.07) is 7.82. The molecule has 21 heavy (non-hydrogen) atoms. The molecule has 0 aromatic heterocycles. The molecule has 0 fully saturated rings. The Morgan fingerprint density at radius 2 is 1.57 bits per heavy atom. The Bertz CT molecular complexity index is 641. The van der Waals surface area contributed by atoms with Gasteiger partial charge in [0.2, 0.25) is 0 Å². The number of halogens is 3. The Kier molecular flexibility index (Phi) is 4.55. The number of benzene rings is 2. The zero-order chi connectivity index (χ0) is 15.6. The maximum absolute atomic E-state index is 13.4. The van der Waals surface area contributed by atoms with Gasteiger partial charge in [0.25, 0.3) is 0 Å². The largest absolute Gasteiger partial charge is 0.480 e. The fraction of sp³-hybridized carbons (Fsp3) is 0.133. The predicted molar refractivity (Wildman–Crippen MR) is 75.3 cm³/mol. The molecular weight excluding hydrogens is 300 g/mol. The Morgan fingerprint density at radius 1 is 1.05 bits per heavy atom. The number of carboxylic acids is 1. The van der Waals surface area contributed by atoms with Crippen molar-refractivity contribution in [3.63, 3.8) is 0 Å². The van der Waals surface area contributed by atoms with E-state index >= 15 is 0 Å². The molecule has 2 rings (SSSR count). The van der Waals surface area contributed by atoms with E-state index in [1.807, 2.05) is 0 Å². The first-order chi connectivity index (χ1) is 9.88. The van der Waals surface area contributed by atoms with Crippen molar-refractivity contribution in [2.45, 2.75) is 12.0 Å². The van der Waals surface area contributed by atoms with Crippen LogP contribution in [0, 0.1) is 11.6 Å². The fourth-order valence-electron chi connectivity index (χ4n) is 2.17. The van der Waals surface area contributed by atoms with Crippen LogP contribution in [0.5, 0.6) is 0 Å². The summed E-state index contributed by atoms with van der Waals surface area (Å²) in [6.45, 7) is 0. The van der Waals surface area contributed by atoms with Gasteiger partial charge in [-0.15, -0.1) is 0 Å². The second-order valence-electron chi connectivity index (χ2n) is 4.60. The summed E-state index contributed by atoms with van der Waals surface area (Å²) in [5, 5.41) is 9.59. The van der Waals surface area contributed by atoms with Gasteiger partial charge in [0, 0.05) is 17.0 Å². The Hall–Kier alpha value is -1.98. The van der Waals surface area contributed by atoms with Crippen molar-refractivity contribution in [2.24, 2.45) is 5.73 Å². The molecule has 6 heteroatoms. The van der Waals surface area contributed by atoms with Crippen LogP contribution < -0.4 is 5.73 Å². The predicted octanol–water partition coefficient (Wildman–Crippen LogP) is 3.16. The van der Waals surface area contributed by atoms with E-state index in [1.54, 1.807) is 24.3 Å². The highest BCUT2D eigenvalue weighted by atomic mass is 35.5. The minimum Gasteiger partial charge on any atom is -0.480 e. The molecule has 0 spiro atoms. The summed E-state index contributed by atoms with van der Waals surface area (Å²) >= 11 is 5.79. The maximum Gasteiger partial charge on any atom is 0.321 e. The molecule has 0 aliphatic carbocycles. The van der Waals surface area contributed by atoms with Gasteiger partial charge in [0.1, 0.15) is 17.7 Å². The van der Waals surface area contributed by atoms with Gasteiger partial charge >= 0.3 is 5.97 Å². The Labute approximate surface area is 125 Å². The average Bonchev–Trinajstić information content (AvgIpc) is 2.40. The summed E-state index contributed by atoms with van der Waals surface area (Å²) in [7, 11) is 0. The summed E-state index contributed by atoms with van der Waals surface area (Å²) in [5.74, 6) is -3.73. The molecule has 0 aliphatic rings. The first kappa shape index (κ1) is 15.4. The zero-order valence-corrected chi connectivity index (χ0v) is 11.5. The summed E-state index contributed by atoms with van der Waals surface area (Å²) in [6.07, 6.45) is 0. The van der Waals surface area contributed by atoms with E-state index in [9.17, 15) is 13.6 Å². The smallest absolute Gasteiger partial charge is 0.321 e. The van der Waals surface area contributed by atoms with Crippen LogP contribution in [0.2, 0.25) is 5.02 Å². The number of rotatable bonds is 4. The molecule has 0 saturated carbocycles. The number of carbonyl (C=O) groups is 1. The maximum atomic E-state index is 13.4. The Morgan fingerprint density at radius 3 is 2.05 bits per heavy atom. The Balaban J connectivity index is 2.55. The van der Waals surface area contributed by atoms with Crippen LogP contribution in [-0.4, -0.2) is 17.1 Å². The molecule has 2 aromatic rings. The van der Waals surface area contributed by atoms with Crippen molar-refractivity contribution >= 4 is 17.6 Å². The molecule has 0 radical (unpaired) electrons. The van der Waals surface area contributed by atoms with Gasteiger partial charge in [0.15, 0.2) is 0 Å². The van der Waals surface area contributed by atoms with Crippen molar-refractivity contribution in [3.8, 4) is 0 Å². The van der Waals surface area contributed by atoms with Crippen LogP contribution in [0.4, 0.5) is 8.78 Å². The molecule has 0 unspecified atom stereocenters. The first-order valence-corrected chi connectivity index (χ1v) is 6.46. The SMILES string of the molecule is N[C@H](C(=O)O)[C@@H](c1ccc(Cl)cc1)c1cc(F)cc(F)c1. The lowest BCUT2D eigenvalue weighted by Crippen LogP contribution is -2.37. The monoisotopic (exact) mass is 311 g/mol. The number of nitrogens with two attached hydrogens (primary N) is 1. The standard InChI is InChI=1S/C15H12ClF2NO2/c16-10-3-1-8(2-4-10)13(14(19)15(20)21)9-5-11(17)7-12(18)6-9/h1-7,13-14H,19H2,(H,20,21)/t13-,14-/m0/s1. The van der Waals surface area contributed by atoms with Crippen LogP contribution in [0.25, 0.3) is 0 Å². The number of hydrogen-bond acceptors (Lipinski definition) is 2. The summed E-state index contributed by atoms with van der Waals surface area (Å²) in [5.41, 5.74) is 6.36. The highest BCUT2D eigenvalue weighted by Gasteiger charge is 2.28. The molecule has 3 nitrogen and oxygen atoms in total. The minimum absolute atomic E-state index is 0.157. The third kappa shape index (κ3) is 3.56. The molecule has 0 heterocycles. The van der Waals surface area contributed by atoms with E-state index in [0.717, 1.165) is 12.1 Å². The first-order valence-electron chi connectivity index (χ1n) is 6.08. The van der Waals surface area contributed by atoms with Crippen molar-refractivity contribution in [1.82, 2.24) is 0 Å². The third-order valence-electron chi connectivity index (χ3n) is 3.12. The number of aliphatic carboxylic acids is 1. The molecule has 2 atom stereocenters. The minimum atomic E-state index is -1.34. The van der Waals surface area contributed by atoms with Gasteiger partial charge in [-0.3, -0.25) is 4.79 Å². The van der Waals surface area contributed by atoms with Crippen molar-refractivity contribution in [2.75, 3.05) is 0 Å². The van der Waals surface area contributed by atoms with Gasteiger partial charge in [-0.05, 0) is 35.4 Å². The normalized spacial score (nSPS) is 13.7. The van der Waals surface area contributed by atoms with E-state index in [0.29, 0.717) is 16.7 Å². The van der Waals surface area contributed by atoms with Crippen molar-refractivity contribution < 1.29 is 18.7 Å². The topological polar surface area (TPSA) is 63.3 Å². The summed E-state index contributed by atoms with van der Waals surface area (Å²) in [4.78, 5) is 11.2. The van der Waals surface area contributed by atoms with E-state index in [4.69, 9.17) is 22.4 Å². The van der Waals surface area contributed by atoms with Gasteiger partial charge in [-0.25, -0.2) is 8.78 Å². The molecule has 2 aromatic carbocycles.